The van der Waals surface area contributed by atoms with Gasteiger partial charge in [0.05, 0.1) is 6.54 Å². The molecule has 0 atom stereocenters. The molecule has 0 heterocycles. The Morgan fingerprint density at radius 2 is 1.59 bits per heavy atom. The molecule has 1 aromatic rings. The first-order valence-electron chi connectivity index (χ1n) is 7.87. The molecule has 2 aliphatic carbocycles. The number of urea groups is 1. The lowest BCUT2D eigenvalue weighted by Crippen LogP contribution is -2.30. The Bertz CT molecular complexity index is 536. The van der Waals surface area contributed by atoms with E-state index in [1.54, 1.807) is 24.3 Å². The zero-order valence-corrected chi connectivity index (χ0v) is 12.5. The molecule has 3 amide bonds. The Kier molecular flexibility index (Phi) is 4.58. The van der Waals surface area contributed by atoms with E-state index in [1.807, 2.05) is 0 Å². The third-order valence-electron chi connectivity index (χ3n) is 3.75. The summed E-state index contributed by atoms with van der Waals surface area (Å²) in [7, 11) is 0. The largest absolute Gasteiger partial charge is 0.335 e. The lowest BCUT2D eigenvalue weighted by atomic mass is 10.2. The van der Waals surface area contributed by atoms with Crippen LogP contribution in [0.15, 0.2) is 24.3 Å². The molecule has 0 bridgehead atoms. The number of anilines is 2. The molecule has 0 radical (unpaired) electrons. The summed E-state index contributed by atoms with van der Waals surface area (Å²) in [4.78, 5) is 23.4. The van der Waals surface area contributed by atoms with Crippen molar-refractivity contribution in [2.45, 2.75) is 31.7 Å². The van der Waals surface area contributed by atoms with Gasteiger partial charge >= 0.3 is 6.03 Å². The Hall–Kier alpha value is -2.08. The quantitative estimate of drug-likeness (QED) is 0.621. The Balaban J connectivity index is 1.39. The van der Waals surface area contributed by atoms with E-state index in [4.69, 9.17) is 0 Å². The van der Waals surface area contributed by atoms with E-state index >= 15 is 0 Å². The molecule has 1 aromatic carbocycles. The molecule has 0 aromatic heterocycles. The minimum atomic E-state index is -0.177. The minimum Gasteiger partial charge on any atom is -0.335 e. The van der Waals surface area contributed by atoms with Gasteiger partial charge in [-0.05, 0) is 62.4 Å². The number of nitrogens with one attached hydrogen (secondary N) is 4. The van der Waals surface area contributed by atoms with Gasteiger partial charge in [-0.1, -0.05) is 0 Å². The Labute approximate surface area is 130 Å². The maximum atomic E-state index is 11.8. The number of hydrogen-bond donors (Lipinski definition) is 4. The zero-order chi connectivity index (χ0) is 15.4. The van der Waals surface area contributed by atoms with E-state index in [2.05, 4.69) is 21.3 Å². The average Bonchev–Trinajstić information content (AvgIpc) is 3.36. The van der Waals surface area contributed by atoms with Crippen LogP contribution in [-0.2, 0) is 4.79 Å². The first-order chi connectivity index (χ1) is 10.7. The first kappa shape index (κ1) is 14.8. The van der Waals surface area contributed by atoms with Crippen molar-refractivity contribution in [3.8, 4) is 0 Å². The van der Waals surface area contributed by atoms with Crippen molar-refractivity contribution in [2.75, 3.05) is 23.7 Å². The molecule has 0 saturated heterocycles. The monoisotopic (exact) mass is 302 g/mol. The van der Waals surface area contributed by atoms with Crippen molar-refractivity contribution in [3.63, 3.8) is 0 Å². The number of amides is 3. The summed E-state index contributed by atoms with van der Waals surface area (Å²) in [5.41, 5.74) is 1.44. The van der Waals surface area contributed by atoms with Crippen LogP contribution in [0.3, 0.4) is 0 Å². The van der Waals surface area contributed by atoms with E-state index < -0.39 is 0 Å². The Morgan fingerprint density at radius 1 is 0.955 bits per heavy atom. The van der Waals surface area contributed by atoms with Gasteiger partial charge in [-0.3, -0.25) is 4.79 Å². The van der Waals surface area contributed by atoms with Crippen molar-refractivity contribution in [2.24, 2.45) is 5.92 Å². The highest BCUT2D eigenvalue weighted by Crippen LogP contribution is 2.27. The van der Waals surface area contributed by atoms with Gasteiger partial charge in [-0.15, -0.1) is 0 Å². The van der Waals surface area contributed by atoms with Gasteiger partial charge in [0.15, 0.2) is 0 Å². The maximum Gasteiger partial charge on any atom is 0.319 e. The average molecular weight is 302 g/mol. The normalized spacial score (nSPS) is 16.9. The predicted molar refractivity (Wildman–Crippen MR) is 85.8 cm³/mol. The van der Waals surface area contributed by atoms with E-state index in [0.29, 0.717) is 18.3 Å². The van der Waals surface area contributed by atoms with Crippen molar-refractivity contribution in [3.05, 3.63) is 24.3 Å². The Morgan fingerprint density at radius 3 is 2.18 bits per heavy atom. The van der Waals surface area contributed by atoms with Crippen molar-refractivity contribution < 1.29 is 9.59 Å². The van der Waals surface area contributed by atoms with E-state index in [0.717, 1.165) is 31.0 Å². The van der Waals surface area contributed by atoms with Gasteiger partial charge in [0, 0.05) is 17.4 Å². The van der Waals surface area contributed by atoms with Gasteiger partial charge in [-0.25, -0.2) is 4.79 Å². The first-order valence-corrected chi connectivity index (χ1v) is 7.87. The SMILES string of the molecule is O=C(CNCC1CC1)Nc1ccc(NC(=O)NC2CC2)cc1. The molecule has 2 aliphatic rings. The number of rotatable bonds is 7. The summed E-state index contributed by atoms with van der Waals surface area (Å²) >= 11 is 0. The highest BCUT2D eigenvalue weighted by Gasteiger charge is 2.23. The lowest BCUT2D eigenvalue weighted by molar-refractivity contribution is -0.115. The lowest BCUT2D eigenvalue weighted by Gasteiger charge is -2.09. The van der Waals surface area contributed by atoms with Crippen molar-refractivity contribution in [1.82, 2.24) is 10.6 Å². The van der Waals surface area contributed by atoms with Gasteiger partial charge in [-0.2, -0.15) is 0 Å². The van der Waals surface area contributed by atoms with Crippen LogP contribution in [-0.4, -0.2) is 31.1 Å². The number of carbonyl (C=O) groups excluding carboxylic acids is 2. The van der Waals surface area contributed by atoms with Crippen LogP contribution in [0.5, 0.6) is 0 Å². The topological polar surface area (TPSA) is 82.3 Å². The summed E-state index contributed by atoms with van der Waals surface area (Å²) in [6.45, 7) is 1.26. The van der Waals surface area contributed by atoms with E-state index in [9.17, 15) is 9.59 Å². The second-order valence-corrected chi connectivity index (χ2v) is 6.07. The van der Waals surface area contributed by atoms with E-state index in [-0.39, 0.29) is 11.9 Å². The molecule has 6 heteroatoms. The molecule has 0 aliphatic heterocycles. The second-order valence-electron chi connectivity index (χ2n) is 6.07. The maximum absolute atomic E-state index is 11.8. The van der Waals surface area contributed by atoms with Crippen molar-refractivity contribution in [1.29, 1.82) is 0 Å². The standard InChI is InChI=1S/C16H22N4O2/c21-15(10-17-9-11-1-2-11)18-12-3-5-13(6-4-12)19-16(22)20-14-7-8-14/h3-6,11,14,17H,1-2,7-10H2,(H,18,21)(H2,19,20,22). The van der Waals surface area contributed by atoms with Gasteiger partial charge in [0.2, 0.25) is 5.91 Å². The number of benzene rings is 1. The van der Waals surface area contributed by atoms with Gasteiger partial charge in [0.25, 0.3) is 0 Å². The fraction of sp³-hybridized carbons (Fsp3) is 0.500. The minimum absolute atomic E-state index is 0.0483. The van der Waals surface area contributed by atoms with Gasteiger partial charge in [0.1, 0.15) is 0 Å². The summed E-state index contributed by atoms with van der Waals surface area (Å²) in [6, 6.07) is 7.28. The second kappa shape index (κ2) is 6.79. The van der Waals surface area contributed by atoms with Crippen molar-refractivity contribution >= 4 is 23.3 Å². The molecule has 0 unspecified atom stereocenters. The molecule has 6 nitrogen and oxygen atoms in total. The predicted octanol–water partition coefficient (Wildman–Crippen LogP) is 1.91. The summed E-state index contributed by atoms with van der Waals surface area (Å²) < 4.78 is 0. The van der Waals surface area contributed by atoms with Crippen LogP contribution in [0.2, 0.25) is 0 Å². The van der Waals surface area contributed by atoms with Crippen LogP contribution in [0.4, 0.5) is 16.2 Å². The number of hydrogen-bond acceptors (Lipinski definition) is 3. The molecule has 2 saturated carbocycles. The highest BCUT2D eigenvalue weighted by atomic mass is 16.2. The third kappa shape index (κ3) is 5.04. The van der Waals surface area contributed by atoms with Crippen LogP contribution in [0, 0.1) is 5.92 Å². The summed E-state index contributed by atoms with van der Waals surface area (Å²) in [5.74, 6) is 0.716. The van der Waals surface area contributed by atoms with E-state index in [1.165, 1.54) is 12.8 Å². The molecule has 118 valence electrons. The molecule has 3 rings (SSSR count). The van der Waals surface area contributed by atoms with Crippen LogP contribution in [0.25, 0.3) is 0 Å². The summed E-state index contributed by atoms with van der Waals surface area (Å²) in [6.07, 6.45) is 4.68. The smallest absolute Gasteiger partial charge is 0.319 e. The third-order valence-corrected chi connectivity index (χ3v) is 3.75. The molecule has 4 N–H and O–H groups in total. The van der Waals surface area contributed by atoms with Gasteiger partial charge < -0.3 is 21.3 Å². The molecular weight excluding hydrogens is 280 g/mol. The fourth-order valence-electron chi connectivity index (χ4n) is 2.13. The van der Waals surface area contributed by atoms with Crippen LogP contribution in [0.1, 0.15) is 25.7 Å². The molecular formula is C16H22N4O2. The van der Waals surface area contributed by atoms with Crippen LogP contribution >= 0.6 is 0 Å². The fourth-order valence-corrected chi connectivity index (χ4v) is 2.13. The molecule has 0 spiro atoms. The summed E-state index contributed by atoms with van der Waals surface area (Å²) in [5, 5.41) is 11.6. The van der Waals surface area contributed by atoms with Crippen LogP contribution < -0.4 is 21.3 Å². The molecule has 22 heavy (non-hydrogen) atoms. The number of carbonyl (C=O) groups is 2. The molecule has 2 fully saturated rings. The zero-order valence-electron chi connectivity index (χ0n) is 12.5. The highest BCUT2D eigenvalue weighted by molar-refractivity contribution is 5.93.